The maximum atomic E-state index is 11.4. The van der Waals surface area contributed by atoms with Crippen molar-refractivity contribution >= 4 is 17.8 Å². The van der Waals surface area contributed by atoms with E-state index in [1.807, 2.05) is 0 Å². The van der Waals surface area contributed by atoms with Gasteiger partial charge in [-0.1, -0.05) is 13.8 Å². The van der Waals surface area contributed by atoms with Crippen molar-refractivity contribution in [2.24, 2.45) is 11.7 Å². The van der Waals surface area contributed by atoms with Crippen LogP contribution in [-0.4, -0.2) is 40.1 Å². The molecule has 0 aliphatic heterocycles. The number of hydrogen-bond acceptors (Lipinski definition) is 4. The Morgan fingerprint density at radius 2 is 1.75 bits per heavy atom. The second kappa shape index (κ2) is 6.06. The highest BCUT2D eigenvalue weighted by molar-refractivity contribution is 5.89. The predicted octanol–water partition coefficient (Wildman–Crippen LogP) is -0.986. The molecule has 0 rings (SSSR count). The number of nitrogens with one attached hydrogen (secondary N) is 1. The van der Waals surface area contributed by atoms with Crippen LogP contribution in [0.5, 0.6) is 0 Å². The largest absolute Gasteiger partial charge is 0.481 e. The number of carbonyl (C=O) groups is 3. The zero-order chi connectivity index (χ0) is 12.9. The first-order valence-corrected chi connectivity index (χ1v) is 4.76. The van der Waals surface area contributed by atoms with E-state index in [1.54, 1.807) is 13.8 Å². The first kappa shape index (κ1) is 14.4. The number of nitrogens with two attached hydrogens (primary N) is 1. The van der Waals surface area contributed by atoms with Crippen molar-refractivity contribution in [2.75, 3.05) is 0 Å². The summed E-state index contributed by atoms with van der Waals surface area (Å²) in [5.41, 5.74) is 5.49. The lowest BCUT2D eigenvalue weighted by molar-refractivity contribution is -0.147. The van der Waals surface area contributed by atoms with Crippen molar-refractivity contribution in [3.8, 4) is 0 Å². The molecule has 16 heavy (non-hydrogen) atoms. The molecule has 0 aliphatic carbocycles. The number of aliphatic carboxylic acids is 2. The molecule has 2 atom stereocenters. The van der Waals surface area contributed by atoms with Crippen molar-refractivity contribution in [1.29, 1.82) is 0 Å². The van der Waals surface area contributed by atoms with E-state index in [9.17, 15) is 14.4 Å². The standard InChI is InChI=1S/C9H16N2O5/c1-4(2)7(10)8(14)11-5(9(15)16)3-6(12)13/h4-5,7H,3,10H2,1-2H3,(H,11,14)(H,12,13)(H,15,16)/t5-,7+/m0/s1. The highest BCUT2D eigenvalue weighted by Crippen LogP contribution is 2.00. The Labute approximate surface area is 92.6 Å². The molecular weight excluding hydrogens is 216 g/mol. The van der Waals surface area contributed by atoms with Gasteiger partial charge < -0.3 is 21.3 Å². The molecule has 0 saturated carbocycles. The van der Waals surface area contributed by atoms with Gasteiger partial charge in [-0.15, -0.1) is 0 Å². The Bertz CT molecular complexity index is 290. The molecule has 0 aliphatic rings. The molecule has 0 aromatic heterocycles. The van der Waals surface area contributed by atoms with Crippen LogP contribution in [0.3, 0.4) is 0 Å². The summed E-state index contributed by atoms with van der Waals surface area (Å²) in [7, 11) is 0. The number of rotatable bonds is 6. The summed E-state index contributed by atoms with van der Waals surface area (Å²) < 4.78 is 0. The topological polar surface area (TPSA) is 130 Å². The van der Waals surface area contributed by atoms with Gasteiger partial charge in [0.25, 0.3) is 0 Å². The quantitative estimate of drug-likeness (QED) is 0.465. The van der Waals surface area contributed by atoms with Gasteiger partial charge in [-0.3, -0.25) is 9.59 Å². The van der Waals surface area contributed by atoms with Crippen molar-refractivity contribution in [1.82, 2.24) is 5.32 Å². The maximum absolute atomic E-state index is 11.4. The third-order valence-electron chi connectivity index (χ3n) is 2.01. The van der Waals surface area contributed by atoms with Gasteiger partial charge >= 0.3 is 11.9 Å². The maximum Gasteiger partial charge on any atom is 0.326 e. The zero-order valence-corrected chi connectivity index (χ0v) is 9.14. The van der Waals surface area contributed by atoms with Crippen LogP contribution in [0.25, 0.3) is 0 Å². The lowest BCUT2D eigenvalue weighted by atomic mass is 10.0. The summed E-state index contributed by atoms with van der Waals surface area (Å²) in [6, 6.07) is -2.30. The Morgan fingerprint density at radius 3 is 2.06 bits per heavy atom. The fraction of sp³-hybridized carbons (Fsp3) is 0.667. The number of amides is 1. The van der Waals surface area contributed by atoms with Crippen molar-refractivity contribution in [2.45, 2.75) is 32.4 Å². The Hall–Kier alpha value is -1.63. The van der Waals surface area contributed by atoms with Crippen LogP contribution in [0.15, 0.2) is 0 Å². The number of carboxylic acids is 2. The van der Waals surface area contributed by atoms with E-state index in [0.717, 1.165) is 0 Å². The van der Waals surface area contributed by atoms with Gasteiger partial charge in [0.2, 0.25) is 5.91 Å². The summed E-state index contributed by atoms with van der Waals surface area (Å²) in [5, 5.41) is 19.2. The first-order valence-electron chi connectivity index (χ1n) is 4.76. The first-order chi connectivity index (χ1) is 7.25. The van der Waals surface area contributed by atoms with Gasteiger partial charge in [0.1, 0.15) is 6.04 Å². The lowest BCUT2D eigenvalue weighted by Gasteiger charge is -2.18. The molecular formula is C9H16N2O5. The summed E-state index contributed by atoms with van der Waals surface area (Å²) in [4.78, 5) is 32.4. The van der Waals surface area contributed by atoms with Gasteiger partial charge in [0.15, 0.2) is 0 Å². The van der Waals surface area contributed by atoms with Crippen LogP contribution in [-0.2, 0) is 14.4 Å². The van der Waals surface area contributed by atoms with Crippen LogP contribution >= 0.6 is 0 Å². The van der Waals surface area contributed by atoms with E-state index >= 15 is 0 Å². The number of hydrogen-bond donors (Lipinski definition) is 4. The fourth-order valence-electron chi connectivity index (χ4n) is 0.945. The molecule has 7 nitrogen and oxygen atoms in total. The molecule has 0 aromatic rings. The molecule has 0 aromatic carbocycles. The summed E-state index contributed by atoms with van der Waals surface area (Å²) in [5.74, 6) is -3.51. The Kier molecular flexibility index (Phi) is 5.44. The van der Waals surface area contributed by atoms with Crippen LogP contribution in [0.2, 0.25) is 0 Å². The van der Waals surface area contributed by atoms with Crippen molar-refractivity contribution < 1.29 is 24.6 Å². The Morgan fingerprint density at radius 1 is 1.25 bits per heavy atom. The van der Waals surface area contributed by atoms with Crippen LogP contribution in [0, 0.1) is 5.92 Å². The van der Waals surface area contributed by atoms with E-state index < -0.39 is 36.4 Å². The van der Waals surface area contributed by atoms with Gasteiger partial charge in [0.05, 0.1) is 12.5 Å². The number of carboxylic acid groups (broad SMARTS) is 2. The normalized spacial score (nSPS) is 14.2. The minimum atomic E-state index is -1.45. The fourth-order valence-corrected chi connectivity index (χ4v) is 0.945. The Balaban J connectivity index is 4.46. The van der Waals surface area contributed by atoms with Crippen LogP contribution < -0.4 is 11.1 Å². The van der Waals surface area contributed by atoms with Crippen LogP contribution in [0.1, 0.15) is 20.3 Å². The molecule has 0 fully saturated rings. The number of carbonyl (C=O) groups excluding carboxylic acids is 1. The van der Waals surface area contributed by atoms with E-state index in [-0.39, 0.29) is 5.92 Å². The monoisotopic (exact) mass is 232 g/mol. The summed E-state index contributed by atoms with van der Waals surface area (Å²) in [6.07, 6.45) is -0.675. The smallest absolute Gasteiger partial charge is 0.326 e. The molecule has 0 bridgehead atoms. The second-order valence-electron chi connectivity index (χ2n) is 3.77. The third-order valence-corrected chi connectivity index (χ3v) is 2.01. The van der Waals surface area contributed by atoms with Crippen molar-refractivity contribution in [3.05, 3.63) is 0 Å². The highest BCUT2D eigenvalue weighted by atomic mass is 16.4. The van der Waals surface area contributed by atoms with Crippen LogP contribution in [0.4, 0.5) is 0 Å². The van der Waals surface area contributed by atoms with Gasteiger partial charge in [-0.25, -0.2) is 4.79 Å². The zero-order valence-electron chi connectivity index (χ0n) is 9.14. The average molecular weight is 232 g/mol. The SMILES string of the molecule is CC(C)[C@@H](N)C(=O)N[C@@H](CC(=O)O)C(=O)O. The molecule has 1 amide bonds. The van der Waals surface area contributed by atoms with Crippen molar-refractivity contribution in [3.63, 3.8) is 0 Å². The highest BCUT2D eigenvalue weighted by Gasteiger charge is 2.26. The van der Waals surface area contributed by atoms with E-state index in [0.29, 0.717) is 0 Å². The summed E-state index contributed by atoms with van der Waals surface area (Å²) >= 11 is 0. The molecule has 7 heteroatoms. The van der Waals surface area contributed by atoms with E-state index in [2.05, 4.69) is 5.32 Å². The van der Waals surface area contributed by atoms with Gasteiger partial charge in [-0.2, -0.15) is 0 Å². The predicted molar refractivity (Wildman–Crippen MR) is 54.6 cm³/mol. The third kappa shape index (κ3) is 4.74. The lowest BCUT2D eigenvalue weighted by Crippen LogP contribution is -2.50. The molecule has 0 spiro atoms. The average Bonchev–Trinajstić information content (AvgIpc) is 2.14. The van der Waals surface area contributed by atoms with Gasteiger partial charge in [0, 0.05) is 0 Å². The second-order valence-corrected chi connectivity index (χ2v) is 3.77. The minimum absolute atomic E-state index is 0.153. The molecule has 0 radical (unpaired) electrons. The molecule has 0 saturated heterocycles. The van der Waals surface area contributed by atoms with Gasteiger partial charge in [-0.05, 0) is 5.92 Å². The van der Waals surface area contributed by atoms with E-state index in [1.165, 1.54) is 0 Å². The molecule has 5 N–H and O–H groups in total. The molecule has 0 heterocycles. The minimum Gasteiger partial charge on any atom is -0.481 e. The summed E-state index contributed by atoms with van der Waals surface area (Å²) in [6.45, 7) is 3.41. The molecule has 0 unspecified atom stereocenters. The molecule has 92 valence electrons. The van der Waals surface area contributed by atoms with E-state index in [4.69, 9.17) is 15.9 Å².